The summed E-state index contributed by atoms with van der Waals surface area (Å²) in [5.41, 5.74) is -3.82. The number of aromatic nitrogens is 1. The number of anilines is 1. The van der Waals surface area contributed by atoms with Crippen LogP contribution in [0.5, 0.6) is 0 Å². The van der Waals surface area contributed by atoms with Gasteiger partial charge in [-0.05, 0) is 55.9 Å². The lowest BCUT2D eigenvalue weighted by Crippen LogP contribution is -2.45. The number of aliphatic hydroxyl groups is 1. The van der Waals surface area contributed by atoms with Gasteiger partial charge >= 0.3 is 0 Å². The first-order valence-corrected chi connectivity index (χ1v) is 12.9. The molecule has 5 rings (SSSR count). The third kappa shape index (κ3) is 4.81. The van der Waals surface area contributed by atoms with E-state index in [0.717, 1.165) is 18.3 Å². The van der Waals surface area contributed by atoms with E-state index in [1.807, 2.05) is 0 Å². The molecule has 1 atom stereocenters. The number of halogens is 6. The highest BCUT2D eigenvalue weighted by atomic mass is 35.5. The second-order valence-corrected chi connectivity index (χ2v) is 10.4. The van der Waals surface area contributed by atoms with Gasteiger partial charge in [0, 0.05) is 29.9 Å². The fourth-order valence-electron chi connectivity index (χ4n) is 5.50. The molecule has 6 nitrogen and oxygen atoms in total. The second kappa shape index (κ2) is 10.8. The predicted molar refractivity (Wildman–Crippen MR) is 136 cm³/mol. The molecule has 40 heavy (non-hydrogen) atoms. The van der Waals surface area contributed by atoms with Crippen LogP contribution >= 0.6 is 11.6 Å². The molecule has 2 aromatic carbocycles. The van der Waals surface area contributed by atoms with E-state index in [-0.39, 0.29) is 34.7 Å². The van der Waals surface area contributed by atoms with Crippen molar-refractivity contribution in [1.82, 2.24) is 10.3 Å². The standard InChI is InChI=1S/C28H23ClF5N3O3/c29-15-11-17(24(25(33)34)35-12-15)26(38)36-16-7-5-14(6-8-16)13-37-21-4-2-1-3-18(21)28(40,27(37)39)19-9-10-20(30)23(32)22(19)31/h1-4,9-12,14,16,25,40H,5-8,13H2,(H,36,38). The van der Waals surface area contributed by atoms with Crippen LogP contribution in [0, 0.1) is 23.4 Å². The molecule has 2 aliphatic rings. The first-order chi connectivity index (χ1) is 19.0. The molecule has 0 radical (unpaired) electrons. The van der Waals surface area contributed by atoms with E-state index in [0.29, 0.717) is 37.4 Å². The first-order valence-electron chi connectivity index (χ1n) is 12.5. The molecule has 0 bridgehead atoms. The average Bonchev–Trinajstić information content (AvgIpc) is 3.15. The minimum absolute atomic E-state index is 0.0517. The van der Waals surface area contributed by atoms with Gasteiger partial charge in [0.15, 0.2) is 23.1 Å². The third-order valence-electron chi connectivity index (χ3n) is 7.52. The molecule has 2 heterocycles. The van der Waals surface area contributed by atoms with Crippen LogP contribution in [0.3, 0.4) is 0 Å². The number of amides is 2. The minimum atomic E-state index is -2.95. The SMILES string of the molecule is O=C(NC1CCC(CN2C(=O)C(O)(c3ccc(F)c(F)c3F)c3ccccc32)CC1)c1cc(Cl)cnc1C(F)F. The Morgan fingerprint density at radius 1 is 1.07 bits per heavy atom. The summed E-state index contributed by atoms with van der Waals surface area (Å²) in [6.45, 7) is 0.151. The average molecular weight is 580 g/mol. The van der Waals surface area contributed by atoms with Crippen LogP contribution in [0.15, 0.2) is 48.7 Å². The number of carbonyl (C=O) groups is 2. The van der Waals surface area contributed by atoms with Gasteiger partial charge in [-0.2, -0.15) is 0 Å². The number of alkyl halides is 2. The van der Waals surface area contributed by atoms with Crippen LogP contribution in [-0.2, 0) is 10.4 Å². The Hall–Kier alpha value is -3.57. The Morgan fingerprint density at radius 2 is 1.77 bits per heavy atom. The highest BCUT2D eigenvalue weighted by Gasteiger charge is 2.53. The number of carbonyl (C=O) groups excluding carboxylic acids is 2. The van der Waals surface area contributed by atoms with Crippen LogP contribution in [0.4, 0.5) is 27.6 Å². The van der Waals surface area contributed by atoms with E-state index < -0.39 is 52.5 Å². The fourth-order valence-corrected chi connectivity index (χ4v) is 5.66. The zero-order chi connectivity index (χ0) is 28.8. The molecule has 1 saturated carbocycles. The number of rotatable bonds is 6. The van der Waals surface area contributed by atoms with Gasteiger partial charge < -0.3 is 15.3 Å². The van der Waals surface area contributed by atoms with E-state index in [4.69, 9.17) is 11.6 Å². The maximum atomic E-state index is 14.7. The number of fused-ring (bicyclic) bond motifs is 1. The van der Waals surface area contributed by atoms with Crippen molar-refractivity contribution in [3.8, 4) is 0 Å². The Bertz CT molecular complexity index is 1480. The predicted octanol–water partition coefficient (Wildman–Crippen LogP) is 5.66. The molecule has 0 saturated heterocycles. The van der Waals surface area contributed by atoms with Crippen LogP contribution in [0.25, 0.3) is 0 Å². The zero-order valence-corrected chi connectivity index (χ0v) is 21.6. The van der Waals surface area contributed by atoms with Crippen LogP contribution in [-0.4, -0.2) is 34.5 Å². The Morgan fingerprint density at radius 3 is 2.48 bits per heavy atom. The number of para-hydroxylation sites is 1. The summed E-state index contributed by atoms with van der Waals surface area (Å²) in [7, 11) is 0. The summed E-state index contributed by atoms with van der Waals surface area (Å²) in [5, 5.41) is 14.3. The van der Waals surface area contributed by atoms with Gasteiger partial charge in [0.25, 0.3) is 18.2 Å². The monoisotopic (exact) mass is 579 g/mol. The largest absolute Gasteiger partial charge is 0.372 e. The topological polar surface area (TPSA) is 82.5 Å². The van der Waals surface area contributed by atoms with Gasteiger partial charge in [0.05, 0.1) is 16.3 Å². The number of hydrogen-bond donors (Lipinski definition) is 2. The fraction of sp³-hybridized carbons (Fsp3) is 0.321. The van der Waals surface area contributed by atoms with Gasteiger partial charge in [-0.15, -0.1) is 0 Å². The van der Waals surface area contributed by atoms with Crippen molar-refractivity contribution in [3.05, 3.63) is 93.5 Å². The van der Waals surface area contributed by atoms with Crippen LogP contribution in [0.1, 0.15) is 59.3 Å². The third-order valence-corrected chi connectivity index (χ3v) is 7.73. The molecule has 1 unspecified atom stereocenters. The van der Waals surface area contributed by atoms with Gasteiger partial charge in [-0.3, -0.25) is 14.6 Å². The zero-order valence-electron chi connectivity index (χ0n) is 20.8. The summed E-state index contributed by atoms with van der Waals surface area (Å²) in [6, 6.07) is 8.52. The molecule has 210 valence electrons. The molecule has 1 aromatic heterocycles. The van der Waals surface area contributed by atoms with Crippen LogP contribution < -0.4 is 10.2 Å². The molecular weight excluding hydrogens is 557 g/mol. The van der Waals surface area contributed by atoms with E-state index in [9.17, 15) is 36.6 Å². The van der Waals surface area contributed by atoms with Gasteiger partial charge in [-0.1, -0.05) is 29.8 Å². The first kappa shape index (κ1) is 28.0. The number of nitrogens with one attached hydrogen (secondary N) is 1. The number of nitrogens with zero attached hydrogens (tertiary/aromatic N) is 2. The second-order valence-electron chi connectivity index (χ2n) is 9.94. The van der Waals surface area contributed by atoms with Crippen molar-refractivity contribution in [2.45, 2.75) is 43.8 Å². The quantitative estimate of drug-likeness (QED) is 0.292. The van der Waals surface area contributed by atoms with Crippen molar-refractivity contribution >= 4 is 29.1 Å². The summed E-state index contributed by atoms with van der Waals surface area (Å²) in [6.07, 6.45) is 0.160. The minimum Gasteiger partial charge on any atom is -0.372 e. The van der Waals surface area contributed by atoms with Gasteiger partial charge in [0.2, 0.25) is 0 Å². The molecule has 1 fully saturated rings. The summed E-state index contributed by atoms with van der Waals surface area (Å²) >= 11 is 5.85. The van der Waals surface area contributed by atoms with Crippen LogP contribution in [0.2, 0.25) is 5.02 Å². The van der Waals surface area contributed by atoms with E-state index in [2.05, 4.69) is 10.3 Å². The smallest absolute Gasteiger partial charge is 0.281 e. The molecule has 1 aliphatic heterocycles. The number of pyridine rings is 1. The highest BCUT2D eigenvalue weighted by Crippen LogP contribution is 2.46. The van der Waals surface area contributed by atoms with Gasteiger partial charge in [0.1, 0.15) is 5.69 Å². The Balaban J connectivity index is 1.30. The van der Waals surface area contributed by atoms with E-state index >= 15 is 0 Å². The maximum absolute atomic E-state index is 14.7. The molecule has 12 heteroatoms. The Labute approximate surface area is 230 Å². The summed E-state index contributed by atoms with van der Waals surface area (Å²) in [4.78, 5) is 31.1. The lowest BCUT2D eigenvalue weighted by Gasteiger charge is -2.32. The van der Waals surface area contributed by atoms with Crippen molar-refractivity contribution in [2.75, 3.05) is 11.4 Å². The van der Waals surface area contributed by atoms with Crippen molar-refractivity contribution < 1.29 is 36.6 Å². The lowest BCUT2D eigenvalue weighted by atomic mass is 9.85. The Kier molecular flexibility index (Phi) is 7.54. The molecule has 1 aliphatic carbocycles. The molecule has 3 aromatic rings. The van der Waals surface area contributed by atoms with E-state index in [1.165, 1.54) is 11.0 Å². The lowest BCUT2D eigenvalue weighted by molar-refractivity contribution is -0.132. The molecule has 2 N–H and O–H groups in total. The number of hydrogen-bond acceptors (Lipinski definition) is 4. The highest BCUT2D eigenvalue weighted by molar-refractivity contribution is 6.30. The van der Waals surface area contributed by atoms with E-state index in [1.54, 1.807) is 18.2 Å². The maximum Gasteiger partial charge on any atom is 0.281 e. The summed E-state index contributed by atoms with van der Waals surface area (Å²) < 4.78 is 69.0. The van der Waals surface area contributed by atoms with Gasteiger partial charge in [-0.25, -0.2) is 22.0 Å². The molecule has 0 spiro atoms. The normalized spacial score (nSPS) is 22.5. The molecule has 2 amide bonds. The molecular formula is C28H23ClF5N3O3. The summed E-state index contributed by atoms with van der Waals surface area (Å²) in [5.74, 6) is -6.55. The van der Waals surface area contributed by atoms with Crippen molar-refractivity contribution in [3.63, 3.8) is 0 Å². The van der Waals surface area contributed by atoms with Crippen molar-refractivity contribution in [2.24, 2.45) is 5.92 Å². The number of benzene rings is 2. The van der Waals surface area contributed by atoms with Crippen molar-refractivity contribution in [1.29, 1.82) is 0 Å².